The first-order valence-electron chi connectivity index (χ1n) is 9.54. The van der Waals surface area contributed by atoms with Crippen molar-refractivity contribution in [3.05, 3.63) is 41.1 Å². The molecule has 3 rings (SSSR count). The SMILES string of the molecule is C[C@@H](CCO)Nc1cc(Cl)ncc1-c1ncc(CN2CCC[C@@H](O)C2)cc1F. The normalized spacial score (nSPS) is 18.8. The number of hydrogen-bond acceptors (Lipinski definition) is 6. The Balaban J connectivity index is 1.81. The van der Waals surface area contributed by atoms with Crippen molar-refractivity contribution >= 4 is 17.3 Å². The Hall–Kier alpha value is -1.80. The molecule has 0 unspecified atom stereocenters. The third-order valence-electron chi connectivity index (χ3n) is 4.87. The van der Waals surface area contributed by atoms with E-state index in [0.717, 1.165) is 24.9 Å². The van der Waals surface area contributed by atoms with Gasteiger partial charge in [0.05, 0.1) is 6.10 Å². The van der Waals surface area contributed by atoms with Gasteiger partial charge in [-0.2, -0.15) is 0 Å². The van der Waals surface area contributed by atoms with Gasteiger partial charge in [0.2, 0.25) is 0 Å². The van der Waals surface area contributed by atoms with Gasteiger partial charge >= 0.3 is 0 Å². The quantitative estimate of drug-likeness (QED) is 0.611. The summed E-state index contributed by atoms with van der Waals surface area (Å²) >= 11 is 6.01. The van der Waals surface area contributed by atoms with Gasteiger partial charge in [0, 0.05) is 49.4 Å². The number of anilines is 1. The predicted octanol–water partition coefficient (Wildman–Crippen LogP) is 3.08. The number of β-amino-alcohol motifs (C(OH)–C–C–N with tert-alkyl or cyclic N) is 1. The van der Waals surface area contributed by atoms with Crippen LogP contribution >= 0.6 is 11.6 Å². The number of nitrogens with one attached hydrogen (secondary N) is 1. The number of pyridine rings is 2. The lowest BCUT2D eigenvalue weighted by molar-refractivity contribution is 0.0667. The van der Waals surface area contributed by atoms with Crippen molar-refractivity contribution in [1.29, 1.82) is 0 Å². The molecule has 0 aliphatic carbocycles. The third-order valence-corrected chi connectivity index (χ3v) is 5.08. The highest BCUT2D eigenvalue weighted by atomic mass is 35.5. The van der Waals surface area contributed by atoms with Gasteiger partial charge in [0.1, 0.15) is 16.7 Å². The lowest BCUT2D eigenvalue weighted by atomic mass is 10.1. The third kappa shape index (κ3) is 5.38. The monoisotopic (exact) mass is 408 g/mol. The number of rotatable bonds is 7. The number of aromatic nitrogens is 2. The Morgan fingerprint density at radius 3 is 2.89 bits per heavy atom. The molecule has 0 spiro atoms. The van der Waals surface area contributed by atoms with Crippen LogP contribution in [-0.2, 0) is 6.54 Å². The lowest BCUT2D eigenvalue weighted by Gasteiger charge is -2.29. The zero-order valence-electron chi connectivity index (χ0n) is 15.9. The number of halogens is 2. The first-order valence-corrected chi connectivity index (χ1v) is 9.92. The maximum Gasteiger partial charge on any atom is 0.149 e. The zero-order valence-corrected chi connectivity index (χ0v) is 16.7. The second kappa shape index (κ2) is 9.60. The van der Waals surface area contributed by atoms with Gasteiger partial charge in [0.25, 0.3) is 0 Å². The number of piperidine rings is 1. The van der Waals surface area contributed by atoms with Crippen LogP contribution < -0.4 is 5.32 Å². The number of likely N-dealkylation sites (tertiary alicyclic amines) is 1. The first-order chi connectivity index (χ1) is 13.5. The predicted molar refractivity (Wildman–Crippen MR) is 108 cm³/mol. The molecule has 0 amide bonds. The Bertz CT molecular complexity index is 808. The van der Waals surface area contributed by atoms with Gasteiger partial charge in [-0.05, 0) is 50.4 Å². The summed E-state index contributed by atoms with van der Waals surface area (Å²) in [5.41, 5.74) is 2.11. The first kappa shape index (κ1) is 20.9. The number of aliphatic hydroxyl groups is 2. The molecule has 1 aliphatic heterocycles. The fourth-order valence-electron chi connectivity index (χ4n) is 3.46. The minimum absolute atomic E-state index is 0.0184. The highest BCUT2D eigenvalue weighted by Crippen LogP contribution is 2.31. The molecule has 0 bridgehead atoms. The van der Waals surface area contributed by atoms with Crippen molar-refractivity contribution in [2.75, 3.05) is 25.0 Å². The molecule has 0 saturated carbocycles. The van der Waals surface area contributed by atoms with Gasteiger partial charge in [-0.1, -0.05) is 11.6 Å². The molecule has 1 aliphatic rings. The van der Waals surface area contributed by atoms with Crippen LogP contribution in [-0.4, -0.2) is 56.9 Å². The average molecular weight is 409 g/mol. The van der Waals surface area contributed by atoms with Crippen LogP contribution in [0.25, 0.3) is 11.3 Å². The molecule has 2 aromatic rings. The van der Waals surface area contributed by atoms with Crippen molar-refractivity contribution in [2.24, 2.45) is 0 Å². The molecule has 2 atom stereocenters. The maximum absolute atomic E-state index is 14.9. The molecule has 3 N–H and O–H groups in total. The van der Waals surface area contributed by atoms with Crippen LogP contribution in [0.3, 0.4) is 0 Å². The second-order valence-corrected chi connectivity index (χ2v) is 7.70. The topological polar surface area (TPSA) is 81.5 Å². The molecule has 1 saturated heterocycles. The molecule has 6 nitrogen and oxygen atoms in total. The van der Waals surface area contributed by atoms with E-state index in [0.29, 0.717) is 35.9 Å². The summed E-state index contributed by atoms with van der Waals surface area (Å²) in [7, 11) is 0. The number of aliphatic hydroxyl groups excluding tert-OH is 2. The highest BCUT2D eigenvalue weighted by Gasteiger charge is 2.19. The molecular formula is C20H26ClFN4O2. The molecule has 2 aromatic heterocycles. The van der Waals surface area contributed by atoms with Crippen molar-refractivity contribution in [3.63, 3.8) is 0 Å². The summed E-state index contributed by atoms with van der Waals surface area (Å²) in [5, 5.41) is 22.4. The summed E-state index contributed by atoms with van der Waals surface area (Å²) in [6, 6.07) is 3.10. The van der Waals surface area contributed by atoms with E-state index < -0.39 is 5.82 Å². The Labute approximate surface area is 169 Å². The van der Waals surface area contributed by atoms with Crippen LogP contribution in [0.15, 0.2) is 24.5 Å². The van der Waals surface area contributed by atoms with E-state index >= 15 is 0 Å². The zero-order chi connectivity index (χ0) is 20.1. The Morgan fingerprint density at radius 1 is 1.36 bits per heavy atom. The molecule has 28 heavy (non-hydrogen) atoms. The van der Waals surface area contributed by atoms with Crippen LogP contribution in [0, 0.1) is 5.82 Å². The number of nitrogens with zero attached hydrogens (tertiary/aromatic N) is 3. The van der Waals surface area contributed by atoms with Crippen LogP contribution in [0.4, 0.5) is 10.1 Å². The smallest absolute Gasteiger partial charge is 0.149 e. The van der Waals surface area contributed by atoms with Gasteiger partial charge in [-0.3, -0.25) is 9.88 Å². The molecule has 0 radical (unpaired) electrons. The minimum atomic E-state index is -0.433. The summed E-state index contributed by atoms with van der Waals surface area (Å²) in [5.74, 6) is -0.433. The van der Waals surface area contributed by atoms with Crippen LogP contribution in [0.5, 0.6) is 0 Å². The molecular weight excluding hydrogens is 383 g/mol. The minimum Gasteiger partial charge on any atom is -0.396 e. The van der Waals surface area contributed by atoms with E-state index in [1.807, 2.05) is 6.92 Å². The van der Waals surface area contributed by atoms with Crippen molar-refractivity contribution in [1.82, 2.24) is 14.9 Å². The van der Waals surface area contributed by atoms with Crippen molar-refractivity contribution in [3.8, 4) is 11.3 Å². The van der Waals surface area contributed by atoms with Crippen LogP contribution in [0.1, 0.15) is 31.7 Å². The Morgan fingerprint density at radius 2 is 2.18 bits per heavy atom. The standard InChI is InChI=1S/C20H26ClFN4O2/c1-13(4-6-27)25-18-8-19(21)23-10-16(18)20-17(22)7-14(9-24-20)11-26-5-2-3-15(28)12-26/h7-10,13,15,27-28H,2-6,11-12H2,1H3,(H,23,25)/t13-,15+/m0/s1. The number of hydrogen-bond donors (Lipinski definition) is 3. The molecule has 8 heteroatoms. The molecule has 3 heterocycles. The summed E-state index contributed by atoms with van der Waals surface area (Å²) in [6.45, 7) is 4.02. The molecule has 0 aromatic carbocycles. The summed E-state index contributed by atoms with van der Waals surface area (Å²) < 4.78 is 14.9. The second-order valence-electron chi connectivity index (χ2n) is 7.32. The van der Waals surface area contributed by atoms with E-state index in [1.165, 1.54) is 12.3 Å². The lowest BCUT2D eigenvalue weighted by Crippen LogP contribution is -2.37. The summed E-state index contributed by atoms with van der Waals surface area (Å²) in [4.78, 5) is 10.5. The van der Waals surface area contributed by atoms with Crippen LogP contribution in [0.2, 0.25) is 5.15 Å². The average Bonchev–Trinajstić information content (AvgIpc) is 2.63. The maximum atomic E-state index is 14.9. The van der Waals surface area contributed by atoms with Crippen molar-refractivity contribution in [2.45, 2.75) is 44.9 Å². The molecule has 1 fully saturated rings. The van der Waals surface area contributed by atoms with E-state index in [9.17, 15) is 9.50 Å². The van der Waals surface area contributed by atoms with Gasteiger partial charge in [0.15, 0.2) is 0 Å². The van der Waals surface area contributed by atoms with E-state index in [-0.39, 0.29) is 24.4 Å². The Kier molecular flexibility index (Phi) is 7.18. The van der Waals surface area contributed by atoms with E-state index in [4.69, 9.17) is 16.7 Å². The van der Waals surface area contributed by atoms with Gasteiger partial charge < -0.3 is 15.5 Å². The fraction of sp³-hybridized carbons (Fsp3) is 0.500. The molecule has 152 valence electrons. The summed E-state index contributed by atoms with van der Waals surface area (Å²) in [6.07, 6.45) is 5.15. The van der Waals surface area contributed by atoms with Crippen molar-refractivity contribution < 1.29 is 14.6 Å². The van der Waals surface area contributed by atoms with E-state index in [2.05, 4.69) is 20.2 Å². The van der Waals surface area contributed by atoms with Gasteiger partial charge in [-0.15, -0.1) is 0 Å². The van der Waals surface area contributed by atoms with E-state index in [1.54, 1.807) is 12.3 Å². The highest BCUT2D eigenvalue weighted by molar-refractivity contribution is 6.29. The largest absolute Gasteiger partial charge is 0.396 e. The fourth-order valence-corrected chi connectivity index (χ4v) is 3.62. The van der Waals surface area contributed by atoms with Gasteiger partial charge in [-0.25, -0.2) is 9.37 Å².